The Morgan fingerprint density at radius 3 is 2.76 bits per heavy atom. The van der Waals surface area contributed by atoms with Crippen molar-refractivity contribution in [3.63, 3.8) is 0 Å². The normalized spacial score (nSPS) is 22.7. The van der Waals surface area contributed by atoms with Crippen molar-refractivity contribution in [3.8, 4) is 0 Å². The van der Waals surface area contributed by atoms with Crippen LogP contribution in [-0.2, 0) is 6.54 Å². The van der Waals surface area contributed by atoms with E-state index in [9.17, 15) is 4.79 Å². The summed E-state index contributed by atoms with van der Waals surface area (Å²) in [5, 5.41) is 0.749. The summed E-state index contributed by atoms with van der Waals surface area (Å²) in [5.74, 6) is 0. The smallest absolute Gasteiger partial charge is 0.261 e. The Bertz CT molecular complexity index is 791. The van der Waals surface area contributed by atoms with Crippen LogP contribution in [0.2, 0.25) is 0 Å². The molecule has 0 amide bonds. The van der Waals surface area contributed by atoms with E-state index in [1.165, 1.54) is 51.5 Å². The van der Waals surface area contributed by atoms with E-state index in [0.717, 1.165) is 35.5 Å². The van der Waals surface area contributed by atoms with E-state index >= 15 is 0 Å². The molecule has 4 nitrogen and oxygen atoms in total. The first kappa shape index (κ1) is 16.8. The molecule has 1 saturated carbocycles. The zero-order valence-corrected chi connectivity index (χ0v) is 15.3. The zero-order chi connectivity index (χ0) is 17.2. The molecular formula is C21H29N3O. The van der Waals surface area contributed by atoms with Gasteiger partial charge in [-0.15, -0.1) is 0 Å². The maximum Gasteiger partial charge on any atom is 0.261 e. The summed E-state index contributed by atoms with van der Waals surface area (Å²) >= 11 is 0. The number of aryl methyl sites for hydroxylation is 2. The van der Waals surface area contributed by atoms with E-state index in [0.29, 0.717) is 6.04 Å². The molecule has 4 rings (SSSR count). The maximum atomic E-state index is 12.8. The molecule has 25 heavy (non-hydrogen) atoms. The molecule has 1 aromatic heterocycles. The van der Waals surface area contributed by atoms with Crippen LogP contribution in [0.15, 0.2) is 29.3 Å². The second-order valence-corrected chi connectivity index (χ2v) is 7.83. The first-order chi connectivity index (χ1) is 12.2. The summed E-state index contributed by atoms with van der Waals surface area (Å²) < 4.78 is 1.82. The van der Waals surface area contributed by atoms with Gasteiger partial charge in [0, 0.05) is 18.6 Å². The number of hydrogen-bond donors (Lipinski definition) is 0. The molecule has 1 aliphatic heterocycles. The van der Waals surface area contributed by atoms with Crippen molar-refractivity contribution in [2.75, 3.05) is 6.54 Å². The van der Waals surface area contributed by atoms with Gasteiger partial charge in [0.25, 0.3) is 5.56 Å². The van der Waals surface area contributed by atoms with E-state index in [1.54, 1.807) is 6.33 Å². The molecule has 1 saturated heterocycles. The molecule has 1 atom stereocenters. The van der Waals surface area contributed by atoms with Crippen molar-refractivity contribution in [1.29, 1.82) is 0 Å². The fraction of sp³-hybridized carbons (Fsp3) is 0.619. The van der Waals surface area contributed by atoms with Crippen molar-refractivity contribution < 1.29 is 0 Å². The standard InChI is InChI=1S/C21H29N3O/c1-16-7-6-11-19-20(16)22-15-23(21(19)25)14-12-18-10-4-5-13-24(18)17-8-2-3-9-17/h6-7,11,15,17-18H,2-5,8-10,12-14H2,1H3. The number of para-hydroxylation sites is 1. The van der Waals surface area contributed by atoms with E-state index in [2.05, 4.69) is 9.88 Å². The molecule has 2 aliphatic rings. The highest BCUT2D eigenvalue weighted by Gasteiger charge is 2.30. The van der Waals surface area contributed by atoms with E-state index in [4.69, 9.17) is 0 Å². The monoisotopic (exact) mass is 339 g/mol. The summed E-state index contributed by atoms with van der Waals surface area (Å²) in [6, 6.07) is 7.30. The Hall–Kier alpha value is -1.68. The van der Waals surface area contributed by atoms with Gasteiger partial charge < -0.3 is 0 Å². The second-order valence-electron chi connectivity index (χ2n) is 7.83. The quantitative estimate of drug-likeness (QED) is 0.848. The van der Waals surface area contributed by atoms with Gasteiger partial charge in [-0.1, -0.05) is 31.4 Å². The molecule has 134 valence electrons. The Morgan fingerprint density at radius 1 is 1.12 bits per heavy atom. The summed E-state index contributed by atoms with van der Waals surface area (Å²) in [7, 11) is 0. The molecule has 0 N–H and O–H groups in total. The lowest BCUT2D eigenvalue weighted by Crippen LogP contribution is -2.45. The Morgan fingerprint density at radius 2 is 1.92 bits per heavy atom. The molecule has 2 fully saturated rings. The topological polar surface area (TPSA) is 38.1 Å². The first-order valence-corrected chi connectivity index (χ1v) is 9.94. The van der Waals surface area contributed by atoms with E-state index in [1.807, 2.05) is 29.7 Å². The van der Waals surface area contributed by atoms with E-state index in [-0.39, 0.29) is 5.56 Å². The van der Waals surface area contributed by atoms with Gasteiger partial charge in [0.05, 0.1) is 17.2 Å². The van der Waals surface area contributed by atoms with Crippen LogP contribution in [0.4, 0.5) is 0 Å². The van der Waals surface area contributed by atoms with Crippen LogP contribution in [0.25, 0.3) is 10.9 Å². The molecular weight excluding hydrogens is 310 g/mol. The molecule has 4 heteroatoms. The Kier molecular flexibility index (Phi) is 4.89. The van der Waals surface area contributed by atoms with Gasteiger partial charge in [0.1, 0.15) is 0 Å². The molecule has 2 heterocycles. The highest BCUT2D eigenvalue weighted by molar-refractivity contribution is 5.80. The summed E-state index contributed by atoms with van der Waals surface area (Å²) in [6.45, 7) is 4.05. The van der Waals surface area contributed by atoms with Crippen molar-refractivity contribution in [3.05, 3.63) is 40.4 Å². The largest absolute Gasteiger partial charge is 0.299 e. The average Bonchev–Trinajstić information content (AvgIpc) is 3.17. The number of hydrogen-bond acceptors (Lipinski definition) is 3. The third-order valence-electron chi connectivity index (χ3n) is 6.22. The Balaban J connectivity index is 1.51. The predicted octanol–water partition coefficient (Wildman–Crippen LogP) is 3.89. The predicted molar refractivity (Wildman–Crippen MR) is 102 cm³/mol. The van der Waals surface area contributed by atoms with Gasteiger partial charge in [-0.05, 0) is 57.2 Å². The number of likely N-dealkylation sites (tertiary alicyclic amines) is 1. The van der Waals surface area contributed by atoms with Crippen LogP contribution in [0.3, 0.4) is 0 Å². The average molecular weight is 339 g/mol. The van der Waals surface area contributed by atoms with Crippen LogP contribution in [0.5, 0.6) is 0 Å². The first-order valence-electron chi connectivity index (χ1n) is 9.94. The highest BCUT2D eigenvalue weighted by atomic mass is 16.1. The van der Waals surface area contributed by atoms with E-state index < -0.39 is 0 Å². The van der Waals surface area contributed by atoms with Crippen LogP contribution < -0.4 is 5.56 Å². The van der Waals surface area contributed by atoms with Crippen LogP contribution in [0, 0.1) is 6.92 Å². The summed E-state index contributed by atoms with van der Waals surface area (Å²) in [5.41, 5.74) is 2.02. The molecule has 0 spiro atoms. The lowest BCUT2D eigenvalue weighted by atomic mass is 9.96. The van der Waals surface area contributed by atoms with Crippen molar-refractivity contribution in [2.45, 2.75) is 76.9 Å². The minimum absolute atomic E-state index is 0.108. The minimum Gasteiger partial charge on any atom is -0.299 e. The van der Waals surface area contributed by atoms with Gasteiger partial charge in [-0.2, -0.15) is 0 Å². The highest BCUT2D eigenvalue weighted by Crippen LogP contribution is 2.30. The maximum absolute atomic E-state index is 12.8. The van der Waals surface area contributed by atoms with Gasteiger partial charge in [0.2, 0.25) is 0 Å². The SMILES string of the molecule is Cc1cccc2c(=O)n(CCC3CCCCN3C3CCCC3)cnc12. The number of benzene rings is 1. The van der Waals surface area contributed by atoms with Crippen molar-refractivity contribution in [2.24, 2.45) is 0 Å². The van der Waals surface area contributed by atoms with Gasteiger partial charge in [0.15, 0.2) is 0 Å². The summed E-state index contributed by atoms with van der Waals surface area (Å²) in [4.78, 5) is 20.1. The number of nitrogens with zero attached hydrogens (tertiary/aromatic N) is 3. The van der Waals surface area contributed by atoms with Crippen molar-refractivity contribution >= 4 is 10.9 Å². The van der Waals surface area contributed by atoms with Crippen LogP contribution in [-0.4, -0.2) is 33.1 Å². The summed E-state index contributed by atoms with van der Waals surface area (Å²) in [6.07, 6.45) is 12.3. The fourth-order valence-corrected chi connectivity index (χ4v) is 4.83. The molecule has 1 unspecified atom stereocenters. The molecule has 1 aliphatic carbocycles. The third kappa shape index (κ3) is 3.37. The fourth-order valence-electron chi connectivity index (χ4n) is 4.83. The zero-order valence-electron chi connectivity index (χ0n) is 15.3. The van der Waals surface area contributed by atoms with Gasteiger partial charge in [-0.3, -0.25) is 14.3 Å². The molecule has 0 radical (unpaired) electrons. The third-order valence-corrected chi connectivity index (χ3v) is 6.22. The molecule has 1 aromatic carbocycles. The number of fused-ring (bicyclic) bond motifs is 1. The van der Waals surface area contributed by atoms with Crippen LogP contribution >= 0.6 is 0 Å². The number of aromatic nitrogens is 2. The van der Waals surface area contributed by atoms with Crippen LogP contribution in [0.1, 0.15) is 56.9 Å². The lowest BCUT2D eigenvalue weighted by molar-refractivity contribution is 0.0880. The van der Waals surface area contributed by atoms with Gasteiger partial charge >= 0.3 is 0 Å². The molecule has 0 bridgehead atoms. The lowest BCUT2D eigenvalue weighted by Gasteiger charge is -2.40. The number of rotatable bonds is 4. The van der Waals surface area contributed by atoms with Crippen molar-refractivity contribution in [1.82, 2.24) is 14.5 Å². The second kappa shape index (κ2) is 7.28. The minimum atomic E-state index is 0.108. The Labute approximate surface area is 149 Å². The molecule has 2 aromatic rings. The number of piperidine rings is 1. The van der Waals surface area contributed by atoms with Gasteiger partial charge in [-0.25, -0.2) is 4.98 Å².